The number of aliphatic hydroxyl groups is 2. The van der Waals surface area contributed by atoms with Crippen LogP contribution in [0.3, 0.4) is 0 Å². The summed E-state index contributed by atoms with van der Waals surface area (Å²) in [6.45, 7) is -0.130. The van der Waals surface area contributed by atoms with Crippen LogP contribution in [0.1, 0.15) is 28.0 Å². The van der Waals surface area contributed by atoms with Gasteiger partial charge in [-0.1, -0.05) is 60.7 Å². The molecule has 4 rings (SSSR count). The molecule has 4 atom stereocenters. The van der Waals surface area contributed by atoms with Gasteiger partial charge in [0.1, 0.15) is 24.6 Å². The van der Waals surface area contributed by atoms with Crippen LogP contribution in [0.15, 0.2) is 67.0 Å². The van der Waals surface area contributed by atoms with E-state index in [9.17, 15) is 19.6 Å². The molecular formula is C22H26N5O7P. The Bertz CT molecular complexity index is 1120. The highest BCUT2D eigenvalue weighted by Gasteiger charge is 2.45. The molecule has 0 radical (unpaired) electrons. The Morgan fingerprint density at radius 2 is 1.60 bits per heavy atom. The van der Waals surface area contributed by atoms with Crippen molar-refractivity contribution >= 4 is 13.7 Å². The van der Waals surface area contributed by atoms with Crippen LogP contribution in [0.5, 0.6) is 0 Å². The van der Waals surface area contributed by atoms with Gasteiger partial charge in [-0.05, 0) is 11.1 Å². The summed E-state index contributed by atoms with van der Waals surface area (Å²) in [5.41, 5.74) is 6.74. The first-order valence-electron chi connectivity index (χ1n) is 10.8. The molecule has 1 fully saturated rings. The van der Waals surface area contributed by atoms with Crippen molar-refractivity contribution in [1.29, 1.82) is 0 Å². The number of nitrogens with one attached hydrogen (secondary N) is 1. The smallest absolute Gasteiger partial charge is 0.387 e. The van der Waals surface area contributed by atoms with E-state index < -0.39 is 38.2 Å². The number of benzene rings is 2. The number of carbonyl (C=O) groups is 1. The molecule has 1 aliphatic heterocycles. The van der Waals surface area contributed by atoms with E-state index in [1.54, 1.807) is 0 Å². The quantitative estimate of drug-likeness (QED) is 0.278. The van der Waals surface area contributed by atoms with Gasteiger partial charge in [0.05, 0.1) is 13.2 Å². The predicted octanol–water partition coefficient (Wildman–Crippen LogP) is 1.13. The number of hydrogen-bond donors (Lipinski definition) is 4. The van der Waals surface area contributed by atoms with Crippen LogP contribution < -0.4 is 10.8 Å². The van der Waals surface area contributed by atoms with Gasteiger partial charge in [-0.15, -0.1) is 5.10 Å². The lowest BCUT2D eigenvalue weighted by Gasteiger charge is -2.22. The maximum atomic E-state index is 13.5. The van der Waals surface area contributed by atoms with E-state index in [0.717, 1.165) is 22.1 Å². The number of nitrogens with zero attached hydrogens (tertiary/aromatic N) is 3. The second-order valence-electron chi connectivity index (χ2n) is 7.84. The van der Waals surface area contributed by atoms with Gasteiger partial charge in [0.15, 0.2) is 6.23 Å². The Kier molecular flexibility index (Phi) is 8.04. The van der Waals surface area contributed by atoms with E-state index in [4.69, 9.17) is 19.5 Å². The Balaban J connectivity index is 1.42. The Labute approximate surface area is 201 Å². The number of rotatable bonds is 11. The molecule has 0 bridgehead atoms. The van der Waals surface area contributed by atoms with Gasteiger partial charge in [-0.2, -0.15) is 0 Å². The molecule has 2 heterocycles. The minimum absolute atomic E-state index is 0.0219. The fraction of sp³-hybridized carbons (Fsp3) is 0.318. The second kappa shape index (κ2) is 11.2. The average molecular weight is 503 g/mol. The Hall–Kier alpha value is -2.96. The molecular weight excluding hydrogens is 477 g/mol. The molecule has 1 amide bonds. The summed E-state index contributed by atoms with van der Waals surface area (Å²) in [7, 11) is -3.87. The Morgan fingerprint density at radius 3 is 2.11 bits per heavy atom. The van der Waals surface area contributed by atoms with Crippen LogP contribution in [0.4, 0.5) is 0 Å². The van der Waals surface area contributed by atoms with E-state index in [0.29, 0.717) is 0 Å². The normalized spacial score (nSPS) is 22.3. The number of ether oxygens (including phenoxy) is 1. The summed E-state index contributed by atoms with van der Waals surface area (Å²) in [5.74, 6) is -1.10. The summed E-state index contributed by atoms with van der Waals surface area (Å²) in [4.78, 5) is 15.0. The van der Waals surface area contributed by atoms with E-state index in [1.807, 2.05) is 60.7 Å². The molecule has 12 nitrogen and oxygen atoms in total. The molecule has 1 aromatic heterocycles. The number of primary amides is 1. The van der Waals surface area contributed by atoms with Crippen LogP contribution in [0.2, 0.25) is 0 Å². The SMILES string of the molecule is NC(=O)c1ncn([C@@H]2O[C@H](CNP(=O)(OCc3ccccc3)OCc3ccccc3)[C@@H](O)[C@H]2O)n1. The fourth-order valence-corrected chi connectivity index (χ4v) is 4.72. The number of amides is 1. The topological polar surface area (TPSA) is 171 Å². The summed E-state index contributed by atoms with van der Waals surface area (Å²) < 4.78 is 31.6. The average Bonchev–Trinajstić information content (AvgIpc) is 3.47. The number of aromatic nitrogens is 3. The zero-order valence-corrected chi connectivity index (χ0v) is 19.5. The lowest BCUT2D eigenvalue weighted by atomic mass is 10.1. The molecule has 1 saturated heterocycles. The number of nitrogens with two attached hydrogens (primary N) is 1. The molecule has 0 unspecified atom stereocenters. The van der Waals surface area contributed by atoms with Crippen LogP contribution in [0.25, 0.3) is 0 Å². The number of aliphatic hydroxyl groups excluding tert-OH is 2. The molecule has 35 heavy (non-hydrogen) atoms. The first-order valence-corrected chi connectivity index (χ1v) is 12.3. The van der Waals surface area contributed by atoms with Crippen molar-refractivity contribution in [3.63, 3.8) is 0 Å². The van der Waals surface area contributed by atoms with Crippen molar-refractivity contribution in [2.24, 2.45) is 5.73 Å². The van der Waals surface area contributed by atoms with Gasteiger partial charge >= 0.3 is 7.75 Å². The lowest BCUT2D eigenvalue weighted by molar-refractivity contribution is -0.0432. The van der Waals surface area contributed by atoms with Crippen molar-refractivity contribution in [2.45, 2.75) is 37.8 Å². The van der Waals surface area contributed by atoms with Crippen molar-refractivity contribution in [3.8, 4) is 0 Å². The second-order valence-corrected chi connectivity index (χ2v) is 9.66. The van der Waals surface area contributed by atoms with Crippen molar-refractivity contribution in [3.05, 3.63) is 83.9 Å². The van der Waals surface area contributed by atoms with Crippen LogP contribution in [-0.2, 0) is 31.6 Å². The minimum Gasteiger partial charge on any atom is -0.387 e. The minimum atomic E-state index is -3.87. The van der Waals surface area contributed by atoms with Gasteiger partial charge in [0.2, 0.25) is 5.82 Å². The summed E-state index contributed by atoms with van der Waals surface area (Å²) in [5, 5.41) is 27.5. The summed E-state index contributed by atoms with van der Waals surface area (Å²) >= 11 is 0. The van der Waals surface area contributed by atoms with Crippen LogP contribution in [-0.4, -0.2) is 55.7 Å². The molecule has 5 N–H and O–H groups in total. The maximum absolute atomic E-state index is 13.5. The maximum Gasteiger partial charge on any atom is 0.406 e. The van der Waals surface area contributed by atoms with Crippen molar-refractivity contribution < 1.29 is 33.4 Å². The molecule has 3 aromatic rings. The zero-order valence-electron chi connectivity index (χ0n) is 18.6. The third kappa shape index (κ3) is 6.38. The Morgan fingerprint density at radius 1 is 1.03 bits per heavy atom. The fourth-order valence-electron chi connectivity index (χ4n) is 3.42. The standard InChI is InChI=1S/C22H26N5O7P/c23-20(30)21-24-14-27(26-21)22-19(29)18(28)17(34-22)11-25-35(31,32-12-15-7-3-1-4-8-15)33-13-16-9-5-2-6-10-16/h1-10,14,17-19,22,28-29H,11-13H2,(H2,23,30)(H,25,31)/t17-,18-,19-,22-/m1/s1. The summed E-state index contributed by atoms with van der Waals surface area (Å²) in [6, 6.07) is 18.3. The van der Waals surface area contributed by atoms with Gasteiger partial charge in [-0.3, -0.25) is 13.8 Å². The lowest BCUT2D eigenvalue weighted by Crippen LogP contribution is -2.37. The van der Waals surface area contributed by atoms with E-state index in [-0.39, 0.29) is 25.6 Å². The molecule has 0 spiro atoms. The molecule has 1 aliphatic rings. The van der Waals surface area contributed by atoms with Gasteiger partial charge in [0.25, 0.3) is 5.91 Å². The largest absolute Gasteiger partial charge is 0.406 e. The first-order chi connectivity index (χ1) is 16.8. The molecule has 0 saturated carbocycles. The van der Waals surface area contributed by atoms with Crippen molar-refractivity contribution in [1.82, 2.24) is 19.9 Å². The highest BCUT2D eigenvalue weighted by atomic mass is 31.2. The predicted molar refractivity (Wildman–Crippen MR) is 123 cm³/mol. The third-order valence-electron chi connectivity index (χ3n) is 5.30. The van der Waals surface area contributed by atoms with Gasteiger partial charge < -0.3 is 20.7 Å². The number of carbonyl (C=O) groups excluding carboxylic acids is 1. The van der Waals surface area contributed by atoms with E-state index >= 15 is 0 Å². The van der Waals surface area contributed by atoms with Gasteiger partial charge in [-0.25, -0.2) is 19.3 Å². The first kappa shape index (κ1) is 25.1. The molecule has 0 aliphatic carbocycles. The number of hydrogen-bond acceptors (Lipinski definition) is 9. The highest BCUT2D eigenvalue weighted by Crippen LogP contribution is 2.46. The molecule has 2 aromatic carbocycles. The van der Waals surface area contributed by atoms with Crippen LogP contribution in [0, 0.1) is 0 Å². The monoisotopic (exact) mass is 503 g/mol. The van der Waals surface area contributed by atoms with E-state index in [2.05, 4.69) is 15.2 Å². The zero-order chi connectivity index (χ0) is 24.8. The molecule has 13 heteroatoms. The van der Waals surface area contributed by atoms with Crippen LogP contribution >= 0.6 is 7.75 Å². The van der Waals surface area contributed by atoms with Gasteiger partial charge in [0, 0.05) is 6.54 Å². The summed E-state index contributed by atoms with van der Waals surface area (Å²) in [6.07, 6.45) is -3.71. The highest BCUT2D eigenvalue weighted by molar-refractivity contribution is 7.51. The molecule has 186 valence electrons. The third-order valence-corrected chi connectivity index (χ3v) is 6.81. The van der Waals surface area contributed by atoms with E-state index in [1.165, 1.54) is 0 Å². The van der Waals surface area contributed by atoms with Crippen molar-refractivity contribution in [2.75, 3.05) is 6.54 Å².